The van der Waals surface area contributed by atoms with Crippen molar-refractivity contribution in [1.29, 1.82) is 0 Å². The highest BCUT2D eigenvalue weighted by molar-refractivity contribution is 9.10. The van der Waals surface area contributed by atoms with Gasteiger partial charge in [0.2, 0.25) is 0 Å². The van der Waals surface area contributed by atoms with Crippen LogP contribution in [0.4, 0.5) is 0 Å². The zero-order valence-electron chi connectivity index (χ0n) is 11.8. The molecule has 110 valence electrons. The molecule has 0 aliphatic heterocycles. The molecule has 0 spiro atoms. The minimum absolute atomic E-state index is 0.0602. The Morgan fingerprint density at radius 3 is 2.52 bits per heavy atom. The van der Waals surface area contributed by atoms with Gasteiger partial charge in [-0.15, -0.1) is 0 Å². The van der Waals surface area contributed by atoms with E-state index in [1.54, 1.807) is 0 Å². The average molecular weight is 367 g/mol. The summed E-state index contributed by atoms with van der Waals surface area (Å²) in [5, 5.41) is 4.09. The van der Waals surface area contributed by atoms with Crippen LogP contribution >= 0.6 is 27.5 Å². The van der Waals surface area contributed by atoms with Gasteiger partial charge in [0.1, 0.15) is 5.75 Å². The summed E-state index contributed by atoms with van der Waals surface area (Å²) in [6.07, 6.45) is 2.78. The predicted molar refractivity (Wildman–Crippen MR) is 90.1 cm³/mol. The molecule has 1 saturated carbocycles. The monoisotopic (exact) mass is 365 g/mol. The number of benzene rings is 2. The van der Waals surface area contributed by atoms with Crippen molar-refractivity contribution in [3.63, 3.8) is 0 Å². The standard InChI is InChI=1S/C17H17BrClNO/c1-20-17(15-10-12(18)4-9-16(15)19)11-2-5-13(6-3-11)21-14-7-8-14/h2-6,9-10,14,17,20H,7-8H2,1H3. The van der Waals surface area contributed by atoms with E-state index < -0.39 is 0 Å². The van der Waals surface area contributed by atoms with Gasteiger partial charge in [-0.2, -0.15) is 0 Å². The zero-order valence-corrected chi connectivity index (χ0v) is 14.1. The molecule has 0 radical (unpaired) electrons. The van der Waals surface area contributed by atoms with Gasteiger partial charge in [0.05, 0.1) is 12.1 Å². The van der Waals surface area contributed by atoms with Crippen molar-refractivity contribution in [2.24, 2.45) is 0 Å². The van der Waals surface area contributed by atoms with Crippen molar-refractivity contribution in [2.45, 2.75) is 25.0 Å². The molecule has 2 nitrogen and oxygen atoms in total. The van der Waals surface area contributed by atoms with E-state index in [1.807, 2.05) is 31.3 Å². The fourth-order valence-corrected chi connectivity index (χ4v) is 2.96. The lowest BCUT2D eigenvalue weighted by Gasteiger charge is -2.19. The molecule has 21 heavy (non-hydrogen) atoms. The zero-order chi connectivity index (χ0) is 14.8. The second-order valence-corrected chi connectivity index (χ2v) is 6.60. The minimum Gasteiger partial charge on any atom is -0.490 e. The maximum Gasteiger partial charge on any atom is 0.119 e. The third kappa shape index (κ3) is 3.60. The first-order valence-corrected chi connectivity index (χ1v) is 8.23. The summed E-state index contributed by atoms with van der Waals surface area (Å²) in [5.41, 5.74) is 2.23. The molecule has 2 aromatic rings. The Morgan fingerprint density at radius 1 is 1.19 bits per heavy atom. The van der Waals surface area contributed by atoms with Crippen LogP contribution in [0.1, 0.15) is 30.0 Å². The first-order valence-electron chi connectivity index (χ1n) is 7.06. The molecule has 1 aliphatic carbocycles. The summed E-state index contributed by atoms with van der Waals surface area (Å²) in [5.74, 6) is 0.941. The van der Waals surface area contributed by atoms with Crippen molar-refractivity contribution in [2.75, 3.05) is 7.05 Å². The van der Waals surface area contributed by atoms with Gasteiger partial charge in [-0.1, -0.05) is 39.7 Å². The van der Waals surface area contributed by atoms with Crippen molar-refractivity contribution in [1.82, 2.24) is 5.32 Å². The largest absolute Gasteiger partial charge is 0.490 e. The third-order valence-corrected chi connectivity index (χ3v) is 4.44. The molecule has 0 bridgehead atoms. The van der Waals surface area contributed by atoms with Crippen molar-refractivity contribution in [3.8, 4) is 5.75 Å². The Kier molecular flexibility index (Phi) is 4.53. The second-order valence-electron chi connectivity index (χ2n) is 5.27. The smallest absolute Gasteiger partial charge is 0.119 e. The van der Waals surface area contributed by atoms with Gasteiger partial charge in [-0.05, 0) is 61.3 Å². The predicted octanol–water partition coefficient (Wildman–Crippen LogP) is 4.95. The Bertz CT molecular complexity index is 625. The van der Waals surface area contributed by atoms with Gasteiger partial charge in [-0.25, -0.2) is 0 Å². The first kappa shape index (κ1) is 14.9. The quantitative estimate of drug-likeness (QED) is 0.808. The van der Waals surface area contributed by atoms with Gasteiger partial charge >= 0.3 is 0 Å². The normalized spacial score (nSPS) is 15.8. The third-order valence-electron chi connectivity index (χ3n) is 3.60. The summed E-state index contributed by atoms with van der Waals surface area (Å²) in [4.78, 5) is 0. The molecule has 4 heteroatoms. The van der Waals surface area contributed by atoms with E-state index in [1.165, 1.54) is 18.4 Å². The lowest BCUT2D eigenvalue weighted by molar-refractivity contribution is 0.303. The van der Waals surface area contributed by atoms with Crippen LogP contribution in [0.15, 0.2) is 46.9 Å². The Morgan fingerprint density at radius 2 is 1.90 bits per heavy atom. The van der Waals surface area contributed by atoms with Crippen LogP contribution in [0.2, 0.25) is 5.02 Å². The van der Waals surface area contributed by atoms with E-state index in [2.05, 4.69) is 39.4 Å². The van der Waals surface area contributed by atoms with Crippen LogP contribution in [0, 0.1) is 0 Å². The fraction of sp³-hybridized carbons (Fsp3) is 0.294. The minimum atomic E-state index is 0.0602. The molecule has 2 aromatic carbocycles. The number of hydrogen-bond donors (Lipinski definition) is 1. The van der Waals surface area contributed by atoms with E-state index in [9.17, 15) is 0 Å². The molecule has 1 fully saturated rings. The number of hydrogen-bond acceptors (Lipinski definition) is 2. The van der Waals surface area contributed by atoms with Crippen LogP contribution in [-0.4, -0.2) is 13.2 Å². The number of halogens is 2. The average Bonchev–Trinajstić information content (AvgIpc) is 3.29. The summed E-state index contributed by atoms with van der Waals surface area (Å²) < 4.78 is 6.81. The SMILES string of the molecule is CNC(c1ccc(OC2CC2)cc1)c1cc(Br)ccc1Cl. The summed E-state index contributed by atoms with van der Waals surface area (Å²) in [6.45, 7) is 0. The molecular weight excluding hydrogens is 350 g/mol. The van der Waals surface area contributed by atoms with Gasteiger partial charge in [0.25, 0.3) is 0 Å². The highest BCUT2D eigenvalue weighted by atomic mass is 79.9. The highest BCUT2D eigenvalue weighted by Gasteiger charge is 2.23. The van der Waals surface area contributed by atoms with Crippen LogP contribution in [0.3, 0.4) is 0 Å². The van der Waals surface area contributed by atoms with Gasteiger partial charge < -0.3 is 10.1 Å². The van der Waals surface area contributed by atoms with Crippen LogP contribution < -0.4 is 10.1 Å². The molecule has 0 aromatic heterocycles. The molecule has 1 N–H and O–H groups in total. The van der Waals surface area contributed by atoms with Gasteiger partial charge in [-0.3, -0.25) is 0 Å². The number of rotatable bonds is 5. The van der Waals surface area contributed by atoms with Crippen LogP contribution in [-0.2, 0) is 0 Å². The van der Waals surface area contributed by atoms with E-state index in [0.29, 0.717) is 6.10 Å². The van der Waals surface area contributed by atoms with Crippen molar-refractivity contribution in [3.05, 3.63) is 63.1 Å². The molecule has 1 unspecified atom stereocenters. The Balaban J connectivity index is 1.86. The van der Waals surface area contributed by atoms with E-state index >= 15 is 0 Å². The summed E-state index contributed by atoms with van der Waals surface area (Å²) in [7, 11) is 1.94. The molecule has 3 rings (SSSR count). The molecule has 1 aliphatic rings. The maximum absolute atomic E-state index is 6.34. The number of nitrogens with one attached hydrogen (secondary N) is 1. The van der Waals surface area contributed by atoms with Gasteiger partial charge in [0.15, 0.2) is 0 Å². The highest BCUT2D eigenvalue weighted by Crippen LogP contribution is 2.32. The second kappa shape index (κ2) is 6.39. The maximum atomic E-state index is 6.34. The van der Waals surface area contributed by atoms with Crippen LogP contribution in [0.5, 0.6) is 5.75 Å². The van der Waals surface area contributed by atoms with Crippen molar-refractivity contribution >= 4 is 27.5 Å². The molecule has 0 saturated heterocycles. The van der Waals surface area contributed by atoms with Crippen molar-refractivity contribution < 1.29 is 4.74 Å². The molecule has 0 heterocycles. The van der Waals surface area contributed by atoms with E-state index in [0.717, 1.165) is 20.8 Å². The van der Waals surface area contributed by atoms with E-state index in [-0.39, 0.29) is 6.04 Å². The molecule has 0 amide bonds. The summed E-state index contributed by atoms with van der Waals surface area (Å²) in [6, 6.07) is 14.2. The van der Waals surface area contributed by atoms with Crippen LogP contribution in [0.25, 0.3) is 0 Å². The molecular formula is C17H17BrClNO. The van der Waals surface area contributed by atoms with E-state index in [4.69, 9.17) is 16.3 Å². The van der Waals surface area contributed by atoms with Gasteiger partial charge in [0, 0.05) is 9.50 Å². The lowest BCUT2D eigenvalue weighted by atomic mass is 9.99. The first-order chi connectivity index (χ1) is 10.2. The number of ether oxygens (including phenoxy) is 1. The molecule has 1 atom stereocenters. The summed E-state index contributed by atoms with van der Waals surface area (Å²) >= 11 is 9.85. The Labute approximate surface area is 138 Å². The fourth-order valence-electron chi connectivity index (χ4n) is 2.35. The topological polar surface area (TPSA) is 21.3 Å². The Hall–Kier alpha value is -1.03. The lowest BCUT2D eigenvalue weighted by Crippen LogP contribution is -2.18.